The van der Waals surface area contributed by atoms with E-state index in [2.05, 4.69) is 17.4 Å². The molecule has 0 unspecified atom stereocenters. The average Bonchev–Trinajstić information content (AvgIpc) is 2.05. The minimum atomic E-state index is 0.00918. The van der Waals surface area contributed by atoms with Crippen LogP contribution in [0.1, 0.15) is 12.5 Å². The van der Waals surface area contributed by atoms with Gasteiger partial charge in [-0.15, -0.1) is 0 Å². The minimum absolute atomic E-state index is 0.00918. The molecule has 0 heterocycles. The van der Waals surface area contributed by atoms with E-state index in [9.17, 15) is 4.79 Å². The Morgan fingerprint density at radius 1 is 1.67 bits per heavy atom. The summed E-state index contributed by atoms with van der Waals surface area (Å²) in [5.74, 6) is 0.00918. The number of hydrogen-bond acceptors (Lipinski definition) is 1. The molecule has 0 atom stereocenters. The third-order valence-electron chi connectivity index (χ3n) is 1.48. The van der Waals surface area contributed by atoms with Gasteiger partial charge in [-0.1, -0.05) is 18.2 Å². The Balaban J connectivity index is 2.29. The highest BCUT2D eigenvalue weighted by Gasteiger charge is 1.91. The molecule has 1 aromatic rings. The second kappa shape index (κ2) is 4.40. The minimum Gasteiger partial charge on any atom is -0.356 e. The van der Waals surface area contributed by atoms with Crippen molar-refractivity contribution in [1.82, 2.24) is 5.32 Å². The zero-order valence-corrected chi connectivity index (χ0v) is 7.05. The van der Waals surface area contributed by atoms with Crippen LogP contribution in [0.5, 0.6) is 0 Å². The number of carbonyl (C=O) groups is 1. The summed E-state index contributed by atoms with van der Waals surface area (Å²) in [7, 11) is 0. The predicted octanol–water partition coefficient (Wildman–Crippen LogP) is 0.966. The molecule has 1 rings (SSSR count). The van der Waals surface area contributed by atoms with Crippen LogP contribution in [0.3, 0.4) is 0 Å². The quantitative estimate of drug-likeness (QED) is 0.703. The highest BCUT2D eigenvalue weighted by molar-refractivity contribution is 5.72. The summed E-state index contributed by atoms with van der Waals surface area (Å²) in [6, 6.07) is 11.5. The number of nitrogens with one attached hydrogen (secondary N) is 1. The Labute approximate surface area is 72.6 Å². The molecule has 0 radical (unpaired) electrons. The fraction of sp³-hybridized carbons (Fsp3) is 0.300. The lowest BCUT2D eigenvalue weighted by atomic mass is 10.2. The van der Waals surface area contributed by atoms with Gasteiger partial charge in [0.05, 0.1) is 0 Å². The molecule has 0 aliphatic heterocycles. The number of carbonyl (C=O) groups excluding carboxylic acids is 1. The van der Waals surface area contributed by atoms with E-state index in [1.54, 1.807) is 0 Å². The van der Waals surface area contributed by atoms with Crippen LogP contribution in [0.2, 0.25) is 0 Å². The molecule has 2 nitrogen and oxygen atoms in total. The average molecular weight is 161 g/mol. The van der Waals surface area contributed by atoms with Gasteiger partial charge in [-0.2, -0.15) is 0 Å². The van der Waals surface area contributed by atoms with Crippen molar-refractivity contribution in [2.24, 2.45) is 0 Å². The zero-order chi connectivity index (χ0) is 8.81. The molecule has 0 bridgehead atoms. The van der Waals surface area contributed by atoms with E-state index >= 15 is 0 Å². The van der Waals surface area contributed by atoms with Crippen molar-refractivity contribution in [3.63, 3.8) is 0 Å². The van der Waals surface area contributed by atoms with Crippen molar-refractivity contribution < 1.29 is 4.79 Å². The normalized spacial score (nSPS) is 8.75. The third kappa shape index (κ3) is 3.07. The van der Waals surface area contributed by atoms with Gasteiger partial charge in [0.1, 0.15) is 0 Å². The van der Waals surface area contributed by atoms with Crippen LogP contribution in [0.15, 0.2) is 18.2 Å². The summed E-state index contributed by atoms with van der Waals surface area (Å²) in [4.78, 5) is 10.5. The molecular weight excluding hydrogens is 150 g/mol. The van der Waals surface area contributed by atoms with Crippen LogP contribution < -0.4 is 5.32 Å². The Kier molecular flexibility index (Phi) is 3.16. The smallest absolute Gasteiger partial charge is 0.216 e. The highest BCUT2D eigenvalue weighted by Crippen LogP contribution is 1.92. The van der Waals surface area contributed by atoms with Gasteiger partial charge in [0.2, 0.25) is 5.91 Å². The molecule has 2 heteroatoms. The molecule has 0 saturated heterocycles. The van der Waals surface area contributed by atoms with Crippen LogP contribution in [0.4, 0.5) is 0 Å². The van der Waals surface area contributed by atoms with Crippen molar-refractivity contribution in [3.8, 4) is 0 Å². The molecule has 1 amide bonds. The SMILES string of the molecule is CC(=O)NCCc1c#cccc1. The van der Waals surface area contributed by atoms with E-state index in [0.29, 0.717) is 6.54 Å². The Hall–Kier alpha value is -1.49. The number of amides is 1. The Morgan fingerprint density at radius 3 is 3.08 bits per heavy atom. The molecule has 1 N–H and O–H groups in total. The van der Waals surface area contributed by atoms with Crippen LogP contribution in [0.25, 0.3) is 0 Å². The van der Waals surface area contributed by atoms with Crippen molar-refractivity contribution in [2.45, 2.75) is 13.3 Å². The summed E-state index contributed by atoms with van der Waals surface area (Å²) < 4.78 is 0. The van der Waals surface area contributed by atoms with Crippen LogP contribution in [0, 0.1) is 12.1 Å². The molecule has 0 aliphatic carbocycles. The van der Waals surface area contributed by atoms with Crippen LogP contribution in [-0.2, 0) is 11.2 Å². The fourth-order valence-electron chi connectivity index (χ4n) is 0.907. The molecule has 1 aromatic carbocycles. The second-order valence-electron chi connectivity index (χ2n) is 2.55. The topological polar surface area (TPSA) is 29.1 Å². The van der Waals surface area contributed by atoms with E-state index in [4.69, 9.17) is 0 Å². The lowest BCUT2D eigenvalue weighted by molar-refractivity contribution is -0.118. The molecule has 0 saturated carbocycles. The first-order chi connectivity index (χ1) is 5.79. The van der Waals surface area contributed by atoms with Gasteiger partial charge in [0, 0.05) is 19.0 Å². The first-order valence-corrected chi connectivity index (χ1v) is 3.91. The number of hydrogen-bond donors (Lipinski definition) is 1. The molecule has 12 heavy (non-hydrogen) atoms. The van der Waals surface area contributed by atoms with Gasteiger partial charge < -0.3 is 5.32 Å². The maximum absolute atomic E-state index is 10.5. The largest absolute Gasteiger partial charge is 0.356 e. The maximum Gasteiger partial charge on any atom is 0.216 e. The number of rotatable bonds is 3. The maximum atomic E-state index is 10.5. The van der Waals surface area contributed by atoms with E-state index < -0.39 is 0 Å². The molecule has 62 valence electrons. The van der Waals surface area contributed by atoms with Gasteiger partial charge in [0.15, 0.2) is 0 Å². The molecular formula is C10H11NO. The van der Waals surface area contributed by atoms with Gasteiger partial charge in [0.25, 0.3) is 0 Å². The van der Waals surface area contributed by atoms with Crippen LogP contribution in [-0.4, -0.2) is 12.5 Å². The van der Waals surface area contributed by atoms with Gasteiger partial charge >= 0.3 is 0 Å². The lowest BCUT2D eigenvalue weighted by Crippen LogP contribution is -2.22. The van der Waals surface area contributed by atoms with Gasteiger partial charge in [-0.05, 0) is 18.6 Å². The van der Waals surface area contributed by atoms with E-state index in [1.165, 1.54) is 6.92 Å². The van der Waals surface area contributed by atoms with Crippen molar-refractivity contribution in [1.29, 1.82) is 0 Å². The summed E-state index contributed by atoms with van der Waals surface area (Å²) >= 11 is 0. The molecule has 0 fully saturated rings. The monoisotopic (exact) mass is 161 g/mol. The predicted molar refractivity (Wildman–Crippen MR) is 46.5 cm³/mol. The second-order valence-corrected chi connectivity index (χ2v) is 2.55. The Bertz CT molecular complexity index is 243. The molecule has 0 aliphatic rings. The van der Waals surface area contributed by atoms with Gasteiger partial charge in [-0.3, -0.25) is 4.79 Å². The fourth-order valence-corrected chi connectivity index (χ4v) is 0.907. The summed E-state index contributed by atoms with van der Waals surface area (Å²) in [5, 5.41) is 2.72. The highest BCUT2D eigenvalue weighted by atomic mass is 16.1. The van der Waals surface area contributed by atoms with E-state index in [0.717, 1.165) is 12.0 Å². The first kappa shape index (κ1) is 8.61. The summed E-state index contributed by atoms with van der Waals surface area (Å²) in [6.45, 7) is 2.19. The van der Waals surface area contributed by atoms with E-state index in [-0.39, 0.29) is 5.91 Å². The van der Waals surface area contributed by atoms with Gasteiger partial charge in [-0.25, -0.2) is 0 Å². The first-order valence-electron chi connectivity index (χ1n) is 3.91. The standard InChI is InChI=1S/C10H11NO/c1-9(12)11-8-7-10-5-3-2-4-6-10/h2-3,5H,7-8H2,1H3,(H,11,12). The van der Waals surface area contributed by atoms with Crippen LogP contribution >= 0.6 is 0 Å². The summed E-state index contributed by atoms with van der Waals surface area (Å²) in [5.41, 5.74) is 1.08. The summed E-state index contributed by atoms with van der Waals surface area (Å²) in [6.07, 6.45) is 0.816. The van der Waals surface area contributed by atoms with Crippen molar-refractivity contribution in [2.75, 3.05) is 6.54 Å². The van der Waals surface area contributed by atoms with Crippen molar-refractivity contribution in [3.05, 3.63) is 35.9 Å². The van der Waals surface area contributed by atoms with Crippen molar-refractivity contribution >= 4 is 5.91 Å². The van der Waals surface area contributed by atoms with E-state index in [1.807, 2.05) is 18.2 Å². The molecule has 0 aromatic heterocycles. The molecule has 0 spiro atoms. The zero-order valence-electron chi connectivity index (χ0n) is 7.05. The Morgan fingerprint density at radius 2 is 2.50 bits per heavy atom. The third-order valence-corrected chi connectivity index (χ3v) is 1.48. The lowest BCUT2D eigenvalue weighted by Gasteiger charge is -1.98.